The third-order valence-electron chi connectivity index (χ3n) is 6.13. The Hall–Kier alpha value is -2.66. The van der Waals surface area contributed by atoms with E-state index in [2.05, 4.69) is 35.6 Å². The number of rotatable bonds is 7. The summed E-state index contributed by atoms with van der Waals surface area (Å²) in [5, 5.41) is 2.96. The second-order valence-electron chi connectivity index (χ2n) is 8.62. The molecule has 2 amide bonds. The van der Waals surface area contributed by atoms with Gasteiger partial charge in [0.2, 0.25) is 5.91 Å². The Kier molecular flexibility index (Phi) is 7.63. The molecule has 1 aliphatic heterocycles. The number of para-hydroxylation sites is 1. The van der Waals surface area contributed by atoms with Gasteiger partial charge in [0.1, 0.15) is 0 Å². The van der Waals surface area contributed by atoms with E-state index in [-0.39, 0.29) is 18.4 Å². The molecular formula is C25H34N3O2+. The highest BCUT2D eigenvalue weighted by Crippen LogP contribution is 2.19. The zero-order valence-electron chi connectivity index (χ0n) is 18.4. The highest BCUT2D eigenvalue weighted by Gasteiger charge is 2.25. The minimum atomic E-state index is -0.153. The van der Waals surface area contributed by atoms with Crippen molar-refractivity contribution in [2.45, 2.75) is 33.1 Å². The molecule has 1 fully saturated rings. The minimum absolute atomic E-state index is 0.0307. The molecule has 0 saturated carbocycles. The number of nitrogens with zero attached hydrogens (tertiary/aromatic N) is 1. The molecule has 2 N–H and O–H groups in total. The molecule has 1 aliphatic rings. The summed E-state index contributed by atoms with van der Waals surface area (Å²) >= 11 is 0. The summed E-state index contributed by atoms with van der Waals surface area (Å²) < 4.78 is 0. The maximum absolute atomic E-state index is 12.6. The number of hydrogen-bond acceptors (Lipinski definition) is 2. The summed E-state index contributed by atoms with van der Waals surface area (Å²) in [7, 11) is 1.72. The number of amides is 2. The monoisotopic (exact) mass is 408 g/mol. The van der Waals surface area contributed by atoms with Crippen LogP contribution in [-0.2, 0) is 16.0 Å². The molecule has 0 atom stereocenters. The van der Waals surface area contributed by atoms with E-state index in [0.29, 0.717) is 12.5 Å². The number of aryl methyl sites for hydroxylation is 2. The Labute approximate surface area is 180 Å². The average Bonchev–Trinajstić information content (AvgIpc) is 2.73. The van der Waals surface area contributed by atoms with Crippen molar-refractivity contribution in [1.82, 2.24) is 4.90 Å². The minimum Gasteiger partial charge on any atom is -0.332 e. The number of hydrogen-bond donors (Lipinski definition) is 2. The molecule has 2 aromatic carbocycles. The Morgan fingerprint density at radius 2 is 1.63 bits per heavy atom. The maximum atomic E-state index is 12.6. The molecule has 0 aliphatic carbocycles. The van der Waals surface area contributed by atoms with Gasteiger partial charge in [-0.3, -0.25) is 9.59 Å². The third kappa shape index (κ3) is 6.17. The number of quaternary nitrogens is 1. The normalized spacial score (nSPS) is 18.6. The van der Waals surface area contributed by atoms with Crippen molar-refractivity contribution in [3.63, 3.8) is 0 Å². The van der Waals surface area contributed by atoms with Crippen LogP contribution in [0.25, 0.3) is 0 Å². The van der Waals surface area contributed by atoms with Crippen molar-refractivity contribution < 1.29 is 14.5 Å². The molecule has 1 saturated heterocycles. The predicted molar refractivity (Wildman–Crippen MR) is 121 cm³/mol. The van der Waals surface area contributed by atoms with E-state index >= 15 is 0 Å². The highest BCUT2D eigenvalue weighted by molar-refractivity contribution is 5.95. The largest absolute Gasteiger partial charge is 0.332 e. The summed E-state index contributed by atoms with van der Waals surface area (Å²) in [4.78, 5) is 27.9. The van der Waals surface area contributed by atoms with Crippen molar-refractivity contribution in [3.8, 4) is 0 Å². The molecule has 5 nitrogen and oxygen atoms in total. The number of piperidine rings is 1. The van der Waals surface area contributed by atoms with Gasteiger partial charge in [0.25, 0.3) is 5.91 Å². The quantitative estimate of drug-likeness (QED) is 0.738. The topological polar surface area (TPSA) is 53.9 Å². The van der Waals surface area contributed by atoms with Crippen molar-refractivity contribution in [2.75, 3.05) is 38.5 Å². The van der Waals surface area contributed by atoms with Gasteiger partial charge in [0, 0.05) is 12.7 Å². The summed E-state index contributed by atoms with van der Waals surface area (Å²) in [6.45, 7) is 6.53. The van der Waals surface area contributed by atoms with E-state index in [9.17, 15) is 9.59 Å². The van der Waals surface area contributed by atoms with E-state index in [1.807, 2.05) is 32.0 Å². The van der Waals surface area contributed by atoms with Gasteiger partial charge < -0.3 is 15.1 Å². The van der Waals surface area contributed by atoms with Gasteiger partial charge in [-0.05, 0) is 55.7 Å². The van der Waals surface area contributed by atoms with E-state index in [1.165, 1.54) is 10.5 Å². The van der Waals surface area contributed by atoms with Gasteiger partial charge in [-0.15, -0.1) is 0 Å². The summed E-state index contributed by atoms with van der Waals surface area (Å²) in [5.74, 6) is 0.579. The van der Waals surface area contributed by atoms with Gasteiger partial charge in [-0.2, -0.15) is 0 Å². The fourth-order valence-electron chi connectivity index (χ4n) is 4.26. The number of carbonyl (C=O) groups is 2. The summed E-state index contributed by atoms with van der Waals surface area (Å²) in [5.41, 5.74) is 4.30. The van der Waals surface area contributed by atoms with Gasteiger partial charge in [-0.1, -0.05) is 48.5 Å². The highest BCUT2D eigenvalue weighted by atomic mass is 16.2. The van der Waals surface area contributed by atoms with Gasteiger partial charge in [0.05, 0.1) is 19.6 Å². The lowest BCUT2D eigenvalue weighted by atomic mass is 9.90. The van der Waals surface area contributed by atoms with Crippen molar-refractivity contribution in [3.05, 3.63) is 65.2 Å². The fraction of sp³-hybridized carbons (Fsp3) is 0.440. The molecule has 3 rings (SSSR count). The fourth-order valence-corrected chi connectivity index (χ4v) is 4.26. The first-order valence-corrected chi connectivity index (χ1v) is 10.9. The second kappa shape index (κ2) is 10.4. The lowest BCUT2D eigenvalue weighted by molar-refractivity contribution is -0.898. The summed E-state index contributed by atoms with van der Waals surface area (Å²) in [6, 6.07) is 16.6. The Balaban J connectivity index is 1.42. The van der Waals surface area contributed by atoms with E-state index < -0.39 is 0 Å². The molecule has 0 unspecified atom stereocenters. The molecule has 0 radical (unpaired) electrons. The lowest BCUT2D eigenvalue weighted by Crippen LogP contribution is -3.14. The second-order valence-corrected chi connectivity index (χ2v) is 8.62. The smallest absolute Gasteiger partial charge is 0.277 e. The first-order valence-electron chi connectivity index (χ1n) is 10.9. The van der Waals surface area contributed by atoms with E-state index in [4.69, 9.17) is 0 Å². The zero-order chi connectivity index (χ0) is 21.5. The number of likely N-dealkylation sites (tertiary alicyclic amines) is 1. The molecule has 30 heavy (non-hydrogen) atoms. The lowest BCUT2D eigenvalue weighted by Gasteiger charge is -2.30. The molecule has 0 bridgehead atoms. The molecule has 160 valence electrons. The Morgan fingerprint density at radius 1 is 1.00 bits per heavy atom. The first-order chi connectivity index (χ1) is 14.4. The van der Waals surface area contributed by atoms with Crippen LogP contribution < -0.4 is 10.2 Å². The van der Waals surface area contributed by atoms with Crippen LogP contribution in [0.3, 0.4) is 0 Å². The van der Waals surface area contributed by atoms with Crippen molar-refractivity contribution in [1.29, 1.82) is 0 Å². The van der Waals surface area contributed by atoms with Crippen LogP contribution in [0.1, 0.15) is 29.5 Å². The van der Waals surface area contributed by atoms with Gasteiger partial charge in [-0.25, -0.2) is 0 Å². The van der Waals surface area contributed by atoms with Crippen LogP contribution >= 0.6 is 0 Å². The van der Waals surface area contributed by atoms with Crippen LogP contribution in [0.2, 0.25) is 0 Å². The third-order valence-corrected chi connectivity index (χ3v) is 6.13. The number of nitrogens with one attached hydrogen (secondary N) is 2. The average molecular weight is 409 g/mol. The van der Waals surface area contributed by atoms with Crippen LogP contribution in [0.15, 0.2) is 48.5 Å². The Morgan fingerprint density at radius 3 is 2.27 bits per heavy atom. The predicted octanol–water partition coefficient (Wildman–Crippen LogP) is 2.24. The number of anilines is 1. The van der Waals surface area contributed by atoms with Gasteiger partial charge in [0.15, 0.2) is 6.54 Å². The van der Waals surface area contributed by atoms with Crippen molar-refractivity contribution in [2.24, 2.45) is 5.92 Å². The maximum Gasteiger partial charge on any atom is 0.277 e. The molecular weight excluding hydrogens is 374 g/mol. The Bertz CT molecular complexity index is 838. The van der Waals surface area contributed by atoms with Crippen LogP contribution in [0, 0.1) is 19.8 Å². The molecule has 5 heteroatoms. The van der Waals surface area contributed by atoms with E-state index in [0.717, 1.165) is 49.2 Å². The molecule has 2 aromatic rings. The molecule has 1 heterocycles. The first kappa shape index (κ1) is 22.0. The SMILES string of the molecule is Cc1cccc(C)c1NC(=O)CN(C)C(=O)C[NH+]1CCC(Cc2ccccc2)CC1. The standard InChI is InChI=1S/C25H33N3O2/c1-19-8-7-9-20(2)25(19)26-23(29)17-27(3)24(30)18-28-14-12-22(13-15-28)16-21-10-5-4-6-11-21/h4-11,22H,12-18H2,1-3H3,(H,26,29)/p+1. The zero-order valence-corrected chi connectivity index (χ0v) is 18.4. The van der Waals surface area contributed by atoms with Crippen LogP contribution in [-0.4, -0.2) is 49.9 Å². The number of carbonyl (C=O) groups excluding carboxylic acids is 2. The summed E-state index contributed by atoms with van der Waals surface area (Å²) in [6.07, 6.45) is 3.42. The van der Waals surface area contributed by atoms with Gasteiger partial charge >= 0.3 is 0 Å². The number of likely N-dealkylation sites (N-methyl/N-ethyl adjacent to an activating group) is 1. The van der Waals surface area contributed by atoms with Crippen LogP contribution in [0.5, 0.6) is 0 Å². The molecule has 0 spiro atoms. The van der Waals surface area contributed by atoms with Crippen molar-refractivity contribution >= 4 is 17.5 Å². The van der Waals surface area contributed by atoms with Crippen LogP contribution in [0.4, 0.5) is 5.69 Å². The molecule has 0 aromatic heterocycles. The van der Waals surface area contributed by atoms with E-state index in [1.54, 1.807) is 11.9 Å². The number of benzene rings is 2.